The Bertz CT molecular complexity index is 724. The van der Waals surface area contributed by atoms with Crippen molar-refractivity contribution in [3.63, 3.8) is 0 Å². The van der Waals surface area contributed by atoms with E-state index < -0.39 is 0 Å². The van der Waals surface area contributed by atoms with E-state index in [1.54, 1.807) is 7.11 Å². The molecule has 0 spiro atoms. The Labute approximate surface area is 148 Å². The Balaban J connectivity index is 1.47. The van der Waals surface area contributed by atoms with E-state index in [0.717, 1.165) is 25.1 Å². The Morgan fingerprint density at radius 1 is 1.16 bits per heavy atom. The first-order valence-corrected chi connectivity index (χ1v) is 8.85. The largest absolute Gasteiger partial charge is 0.497 e. The Hall–Kier alpha value is -1.95. The van der Waals surface area contributed by atoms with E-state index in [9.17, 15) is 4.39 Å². The van der Waals surface area contributed by atoms with Crippen LogP contribution in [0.4, 0.5) is 4.39 Å². The van der Waals surface area contributed by atoms with Crippen molar-refractivity contribution >= 4 is 0 Å². The lowest BCUT2D eigenvalue weighted by Crippen LogP contribution is -2.45. The van der Waals surface area contributed by atoms with Gasteiger partial charge in [0.15, 0.2) is 0 Å². The number of methoxy groups -OCH3 is 1. The number of ether oxygens (including phenoxy) is 1. The summed E-state index contributed by atoms with van der Waals surface area (Å²) in [4.78, 5) is 2.36. The highest BCUT2D eigenvalue weighted by Crippen LogP contribution is 2.34. The molecular weight excluding hydrogens is 317 g/mol. The smallest absolute Gasteiger partial charge is 0.131 e. The fourth-order valence-corrected chi connectivity index (χ4v) is 4.03. The number of fused-ring (bicyclic) bond motifs is 1. The SMILES string of the molecule is COc1ccc(CN2CCC3NNC(c4ccccc4)C3C2)c(F)c1. The highest BCUT2D eigenvalue weighted by molar-refractivity contribution is 5.29. The first-order valence-electron chi connectivity index (χ1n) is 8.85. The summed E-state index contributed by atoms with van der Waals surface area (Å²) in [6.07, 6.45) is 1.07. The van der Waals surface area contributed by atoms with E-state index in [2.05, 4.69) is 40.0 Å². The van der Waals surface area contributed by atoms with Crippen molar-refractivity contribution in [2.24, 2.45) is 5.92 Å². The van der Waals surface area contributed by atoms with Crippen molar-refractivity contribution in [1.29, 1.82) is 0 Å². The minimum Gasteiger partial charge on any atom is -0.497 e. The van der Waals surface area contributed by atoms with E-state index in [0.29, 0.717) is 30.3 Å². The van der Waals surface area contributed by atoms with Crippen molar-refractivity contribution in [2.45, 2.75) is 25.0 Å². The highest BCUT2D eigenvalue weighted by Gasteiger charge is 2.40. The zero-order valence-electron chi connectivity index (χ0n) is 14.4. The van der Waals surface area contributed by atoms with Crippen LogP contribution in [0, 0.1) is 11.7 Å². The van der Waals surface area contributed by atoms with E-state index in [1.165, 1.54) is 11.6 Å². The van der Waals surface area contributed by atoms with Gasteiger partial charge in [-0.25, -0.2) is 9.82 Å². The molecule has 2 aromatic rings. The Kier molecular flexibility index (Phi) is 4.70. The number of hydrazine groups is 1. The second-order valence-corrected chi connectivity index (χ2v) is 6.93. The van der Waals surface area contributed by atoms with Gasteiger partial charge in [-0.2, -0.15) is 0 Å². The third-order valence-electron chi connectivity index (χ3n) is 5.41. The maximum atomic E-state index is 14.3. The second kappa shape index (κ2) is 7.12. The number of nitrogens with one attached hydrogen (secondary N) is 2. The molecule has 2 heterocycles. The van der Waals surface area contributed by atoms with Gasteiger partial charge in [0.1, 0.15) is 11.6 Å². The van der Waals surface area contributed by atoms with Gasteiger partial charge in [0, 0.05) is 43.2 Å². The third kappa shape index (κ3) is 3.40. The molecule has 4 nitrogen and oxygen atoms in total. The Morgan fingerprint density at radius 3 is 2.76 bits per heavy atom. The summed E-state index contributed by atoms with van der Waals surface area (Å²) in [6, 6.07) is 16.5. The summed E-state index contributed by atoms with van der Waals surface area (Å²) in [5.41, 5.74) is 8.95. The number of halogens is 1. The summed E-state index contributed by atoms with van der Waals surface area (Å²) >= 11 is 0. The first kappa shape index (κ1) is 16.5. The minimum atomic E-state index is -0.191. The molecule has 0 amide bonds. The number of rotatable bonds is 4. The predicted molar refractivity (Wildman–Crippen MR) is 95.6 cm³/mol. The van der Waals surface area contributed by atoms with Gasteiger partial charge in [-0.3, -0.25) is 10.3 Å². The standard InChI is InChI=1S/C20H24FN3O/c1-25-16-8-7-15(18(21)11-16)12-24-10-9-19-17(13-24)20(23-22-19)14-5-3-2-4-6-14/h2-8,11,17,19-20,22-23H,9-10,12-13H2,1H3. The number of hydrogen-bond donors (Lipinski definition) is 2. The molecule has 0 saturated carbocycles. The van der Waals surface area contributed by atoms with E-state index >= 15 is 0 Å². The summed E-state index contributed by atoms with van der Waals surface area (Å²) in [5.74, 6) is 0.856. The number of nitrogens with zero attached hydrogens (tertiary/aromatic N) is 1. The van der Waals surface area contributed by atoms with Gasteiger partial charge in [0.2, 0.25) is 0 Å². The van der Waals surface area contributed by atoms with Crippen molar-refractivity contribution in [3.05, 3.63) is 65.5 Å². The van der Waals surface area contributed by atoms with Crippen LogP contribution in [0.15, 0.2) is 48.5 Å². The molecule has 25 heavy (non-hydrogen) atoms. The molecule has 4 rings (SSSR count). The van der Waals surface area contributed by atoms with Gasteiger partial charge in [0.05, 0.1) is 13.2 Å². The van der Waals surface area contributed by atoms with Gasteiger partial charge in [0.25, 0.3) is 0 Å². The number of benzene rings is 2. The molecule has 2 fully saturated rings. The van der Waals surface area contributed by atoms with Crippen LogP contribution in [0.25, 0.3) is 0 Å². The van der Waals surface area contributed by atoms with Crippen LogP contribution in [-0.4, -0.2) is 31.1 Å². The minimum absolute atomic E-state index is 0.191. The number of likely N-dealkylation sites (tertiary alicyclic amines) is 1. The fourth-order valence-electron chi connectivity index (χ4n) is 4.03. The zero-order chi connectivity index (χ0) is 17.2. The van der Waals surface area contributed by atoms with Crippen LogP contribution in [-0.2, 0) is 6.54 Å². The van der Waals surface area contributed by atoms with Crippen LogP contribution in [0.5, 0.6) is 5.75 Å². The van der Waals surface area contributed by atoms with Crippen LogP contribution in [0.1, 0.15) is 23.6 Å². The maximum Gasteiger partial charge on any atom is 0.131 e. The van der Waals surface area contributed by atoms with Crippen molar-refractivity contribution in [2.75, 3.05) is 20.2 Å². The average Bonchev–Trinajstić information content (AvgIpc) is 3.07. The molecule has 0 aliphatic carbocycles. The zero-order valence-corrected chi connectivity index (χ0v) is 14.4. The van der Waals surface area contributed by atoms with Crippen molar-refractivity contribution in [3.8, 4) is 5.75 Å². The molecule has 3 unspecified atom stereocenters. The van der Waals surface area contributed by atoms with Crippen LogP contribution < -0.4 is 15.6 Å². The molecule has 0 radical (unpaired) electrons. The molecule has 5 heteroatoms. The molecule has 2 saturated heterocycles. The summed E-state index contributed by atoms with van der Waals surface area (Å²) < 4.78 is 19.4. The van der Waals surface area contributed by atoms with Crippen LogP contribution >= 0.6 is 0 Å². The Morgan fingerprint density at radius 2 is 2.00 bits per heavy atom. The van der Waals surface area contributed by atoms with Crippen molar-refractivity contribution < 1.29 is 9.13 Å². The lowest BCUT2D eigenvalue weighted by Gasteiger charge is -2.36. The molecule has 2 N–H and O–H groups in total. The lowest BCUT2D eigenvalue weighted by atomic mass is 9.85. The van der Waals surface area contributed by atoms with Crippen LogP contribution in [0.3, 0.4) is 0 Å². The lowest BCUT2D eigenvalue weighted by molar-refractivity contribution is 0.146. The van der Waals surface area contributed by atoms with Gasteiger partial charge in [-0.05, 0) is 18.1 Å². The van der Waals surface area contributed by atoms with E-state index in [4.69, 9.17) is 4.74 Å². The second-order valence-electron chi connectivity index (χ2n) is 6.93. The summed E-state index contributed by atoms with van der Waals surface area (Å²) in [5, 5.41) is 0. The molecule has 3 atom stereocenters. The van der Waals surface area contributed by atoms with E-state index in [1.807, 2.05) is 18.2 Å². The van der Waals surface area contributed by atoms with Gasteiger partial charge in [-0.15, -0.1) is 0 Å². The monoisotopic (exact) mass is 341 g/mol. The van der Waals surface area contributed by atoms with Gasteiger partial charge >= 0.3 is 0 Å². The average molecular weight is 341 g/mol. The number of piperidine rings is 1. The summed E-state index contributed by atoms with van der Waals surface area (Å²) in [7, 11) is 1.56. The van der Waals surface area contributed by atoms with Crippen LogP contribution in [0.2, 0.25) is 0 Å². The predicted octanol–water partition coefficient (Wildman–Crippen LogP) is 2.87. The van der Waals surface area contributed by atoms with E-state index in [-0.39, 0.29) is 5.82 Å². The number of hydrogen-bond acceptors (Lipinski definition) is 4. The topological polar surface area (TPSA) is 36.5 Å². The molecular formula is C20H24FN3O. The van der Waals surface area contributed by atoms with Gasteiger partial charge in [-0.1, -0.05) is 36.4 Å². The summed E-state index contributed by atoms with van der Waals surface area (Å²) in [6.45, 7) is 2.57. The normalized spacial score (nSPS) is 26.4. The third-order valence-corrected chi connectivity index (χ3v) is 5.41. The quantitative estimate of drug-likeness (QED) is 0.897. The molecule has 2 aliphatic heterocycles. The van der Waals surface area contributed by atoms with Gasteiger partial charge < -0.3 is 4.74 Å². The molecule has 132 valence electrons. The maximum absolute atomic E-state index is 14.3. The fraction of sp³-hybridized carbons (Fsp3) is 0.400. The van der Waals surface area contributed by atoms with Crippen molar-refractivity contribution in [1.82, 2.24) is 15.8 Å². The first-order chi connectivity index (χ1) is 12.2. The highest BCUT2D eigenvalue weighted by atomic mass is 19.1. The molecule has 2 aliphatic rings. The molecule has 0 aromatic heterocycles. The molecule has 0 bridgehead atoms. The molecule has 2 aromatic carbocycles.